The van der Waals surface area contributed by atoms with Crippen molar-refractivity contribution in [3.63, 3.8) is 0 Å². The highest BCUT2D eigenvalue weighted by Gasteiger charge is 2.53. The van der Waals surface area contributed by atoms with E-state index in [1.54, 1.807) is 12.2 Å². The molecule has 0 aromatic carbocycles. The van der Waals surface area contributed by atoms with E-state index < -0.39 is 131 Å². The van der Waals surface area contributed by atoms with Crippen LogP contribution in [0.25, 0.3) is 0 Å². The van der Waals surface area contributed by atoms with E-state index in [0.717, 1.165) is 116 Å². The summed E-state index contributed by atoms with van der Waals surface area (Å²) in [6, 6.07) is -1.03. The summed E-state index contributed by atoms with van der Waals surface area (Å²) in [5.74, 6) is -0.334. The average Bonchev–Trinajstić information content (AvgIpc) is 0.799. The third-order valence-electron chi connectivity index (χ3n) is 15.2. The number of carbonyl (C=O) groups is 1. The number of hydrogen-bond acceptors (Lipinski definition) is 18. The van der Waals surface area contributed by atoms with Gasteiger partial charge in [0.25, 0.3) is 0 Å². The first kappa shape index (κ1) is 81.4. The number of aliphatic hydroxyl groups excluding tert-OH is 11. The van der Waals surface area contributed by atoms with Crippen molar-refractivity contribution in [1.29, 1.82) is 0 Å². The molecule has 17 atom stereocenters. The van der Waals surface area contributed by atoms with Crippen molar-refractivity contribution in [2.24, 2.45) is 0 Å². The van der Waals surface area contributed by atoms with Gasteiger partial charge in [-0.15, -0.1) is 0 Å². The largest absolute Gasteiger partial charge is 0.394 e. The summed E-state index contributed by atoms with van der Waals surface area (Å²) in [5.41, 5.74) is 0. The van der Waals surface area contributed by atoms with Gasteiger partial charge in [-0.05, 0) is 122 Å². The molecule has 3 fully saturated rings. The third-order valence-corrected chi connectivity index (χ3v) is 15.2. The molecule has 0 aromatic heterocycles. The molecule has 17 unspecified atom stereocenters. The van der Waals surface area contributed by atoms with Gasteiger partial charge in [0.15, 0.2) is 18.9 Å². The van der Waals surface area contributed by atoms with Gasteiger partial charge in [0.05, 0.1) is 38.6 Å². The maximum absolute atomic E-state index is 13.3. The first-order valence-electron chi connectivity index (χ1n) is 33.4. The van der Waals surface area contributed by atoms with Gasteiger partial charge in [0.1, 0.15) is 73.2 Å². The molecule has 19 nitrogen and oxygen atoms in total. The van der Waals surface area contributed by atoms with Crippen LogP contribution in [0.15, 0.2) is 170 Å². The number of ether oxygens (including phenoxy) is 6. The fraction of sp³-hybridized carbons (Fsp3) is 0.603. The molecule has 19 heteroatoms. The van der Waals surface area contributed by atoms with Gasteiger partial charge in [0, 0.05) is 6.42 Å². The van der Waals surface area contributed by atoms with Crippen LogP contribution in [0, 0.1) is 0 Å². The molecule has 3 aliphatic rings. The summed E-state index contributed by atoms with van der Waals surface area (Å²) in [6.07, 6.45) is 50.9. The Morgan fingerprint density at radius 2 is 0.728 bits per heavy atom. The normalized spacial score (nSPS) is 28.8. The minimum Gasteiger partial charge on any atom is -0.394 e. The lowest BCUT2D eigenvalue weighted by Gasteiger charge is -2.48. The van der Waals surface area contributed by atoms with Crippen LogP contribution in [-0.4, -0.2) is 193 Å². The first-order chi connectivity index (χ1) is 44.8. The maximum Gasteiger partial charge on any atom is 0.220 e. The maximum atomic E-state index is 13.3. The molecule has 1 amide bonds. The molecule has 0 bridgehead atoms. The second-order valence-corrected chi connectivity index (χ2v) is 22.8. The lowest BCUT2D eigenvalue weighted by molar-refractivity contribution is -0.379. The number of aliphatic hydroxyl groups is 11. The predicted octanol–water partition coefficient (Wildman–Crippen LogP) is 8.32. The summed E-state index contributed by atoms with van der Waals surface area (Å²) >= 11 is 0. The molecule has 0 radical (unpaired) electrons. The molecule has 12 N–H and O–H groups in total. The number of hydrogen-bond donors (Lipinski definition) is 12. The van der Waals surface area contributed by atoms with Crippen molar-refractivity contribution < 1.29 is 89.4 Å². The Morgan fingerprint density at radius 1 is 0.391 bits per heavy atom. The molecular formula is C73H113NO18. The van der Waals surface area contributed by atoms with Crippen molar-refractivity contribution in [1.82, 2.24) is 5.32 Å². The lowest BCUT2D eigenvalue weighted by atomic mass is 9.96. The summed E-state index contributed by atoms with van der Waals surface area (Å²) in [4.78, 5) is 13.3. The lowest BCUT2D eigenvalue weighted by Crippen LogP contribution is -2.66. The van der Waals surface area contributed by atoms with Crippen LogP contribution >= 0.6 is 0 Å². The minimum atomic E-state index is -1.99. The predicted molar refractivity (Wildman–Crippen MR) is 359 cm³/mol. The molecule has 0 aromatic rings. The number of unbranched alkanes of at least 4 members (excludes halogenated alkanes) is 5. The fourth-order valence-corrected chi connectivity index (χ4v) is 9.88. The quantitative estimate of drug-likeness (QED) is 0.0201. The van der Waals surface area contributed by atoms with E-state index in [-0.39, 0.29) is 12.3 Å². The third kappa shape index (κ3) is 34.0. The monoisotopic (exact) mass is 1290 g/mol. The summed E-state index contributed by atoms with van der Waals surface area (Å²) < 4.78 is 34.2. The van der Waals surface area contributed by atoms with Gasteiger partial charge in [0.2, 0.25) is 5.91 Å². The Hall–Kier alpha value is -4.85. The number of rotatable bonds is 47. The van der Waals surface area contributed by atoms with Crippen LogP contribution in [0.4, 0.5) is 0 Å². The molecule has 92 heavy (non-hydrogen) atoms. The van der Waals surface area contributed by atoms with Gasteiger partial charge in [-0.3, -0.25) is 4.79 Å². The van der Waals surface area contributed by atoms with Crippen LogP contribution in [0.1, 0.15) is 149 Å². The molecule has 0 saturated carbocycles. The molecule has 3 heterocycles. The van der Waals surface area contributed by atoms with Crippen LogP contribution < -0.4 is 5.32 Å². The first-order valence-corrected chi connectivity index (χ1v) is 33.4. The zero-order valence-corrected chi connectivity index (χ0v) is 54.4. The average molecular weight is 1290 g/mol. The van der Waals surface area contributed by atoms with E-state index in [2.05, 4.69) is 177 Å². The zero-order valence-electron chi connectivity index (χ0n) is 54.4. The minimum absolute atomic E-state index is 0.179. The van der Waals surface area contributed by atoms with E-state index in [1.807, 2.05) is 0 Å². The van der Waals surface area contributed by atoms with Crippen molar-refractivity contribution in [3.05, 3.63) is 170 Å². The van der Waals surface area contributed by atoms with Crippen LogP contribution in [0.3, 0.4) is 0 Å². The number of allylic oxidation sites excluding steroid dienone is 27. The zero-order chi connectivity index (χ0) is 66.8. The van der Waals surface area contributed by atoms with Crippen molar-refractivity contribution in [3.8, 4) is 0 Å². The molecule has 3 rings (SSSR count). The van der Waals surface area contributed by atoms with Gasteiger partial charge < -0.3 is 89.9 Å². The number of carbonyl (C=O) groups excluding carboxylic acids is 1. The molecular weight excluding hydrogens is 1180 g/mol. The highest BCUT2D eigenvalue weighted by atomic mass is 16.8. The molecule has 3 saturated heterocycles. The fourth-order valence-electron chi connectivity index (χ4n) is 9.88. The second kappa shape index (κ2) is 52.4. The Kier molecular flexibility index (Phi) is 46.4. The molecule has 0 spiro atoms. The Bertz CT molecular complexity index is 2330. The van der Waals surface area contributed by atoms with Gasteiger partial charge in [-0.1, -0.05) is 190 Å². The Labute approximate surface area is 547 Å². The summed E-state index contributed by atoms with van der Waals surface area (Å²) in [5, 5.41) is 120. The molecule has 518 valence electrons. The van der Waals surface area contributed by atoms with Gasteiger partial charge in [-0.25, -0.2) is 0 Å². The van der Waals surface area contributed by atoms with Crippen LogP contribution in [0.5, 0.6) is 0 Å². The van der Waals surface area contributed by atoms with E-state index in [4.69, 9.17) is 28.4 Å². The number of nitrogens with one attached hydrogen (secondary N) is 1. The Balaban J connectivity index is 1.38. The SMILES string of the molecule is CC/C=C\C/C=C\C/C=C\C/C=C\C/C=C\C/C=C\C/C=C\C/C=C\C/C=C\C/C=C\C/C=C\CCCCCC(=O)NC(COC1OC(CO)C(OC2OC(CO)C(OC3OC(CO)C(O)C(O)C3O)C(O)C2O)C(O)C1O)C(O)/C=C/CC/C=C/CC/C=C/CC. The van der Waals surface area contributed by atoms with Crippen molar-refractivity contribution in [2.45, 2.75) is 253 Å². The topological polar surface area (TPSA) is 307 Å². The van der Waals surface area contributed by atoms with Gasteiger partial charge in [-0.2, -0.15) is 0 Å². The second-order valence-electron chi connectivity index (χ2n) is 22.8. The van der Waals surface area contributed by atoms with Gasteiger partial charge >= 0.3 is 0 Å². The summed E-state index contributed by atoms with van der Waals surface area (Å²) in [7, 11) is 0. The Morgan fingerprint density at radius 3 is 1.15 bits per heavy atom. The van der Waals surface area contributed by atoms with Crippen LogP contribution in [-0.2, 0) is 33.2 Å². The number of amides is 1. The van der Waals surface area contributed by atoms with E-state index in [9.17, 15) is 61.0 Å². The summed E-state index contributed by atoms with van der Waals surface area (Å²) in [6.45, 7) is 1.38. The highest BCUT2D eigenvalue weighted by molar-refractivity contribution is 5.76. The van der Waals surface area contributed by atoms with Crippen LogP contribution in [0.2, 0.25) is 0 Å². The van der Waals surface area contributed by atoms with Crippen molar-refractivity contribution in [2.75, 3.05) is 26.4 Å². The van der Waals surface area contributed by atoms with E-state index in [1.165, 1.54) is 0 Å². The molecule has 0 aliphatic carbocycles. The highest BCUT2D eigenvalue weighted by Crippen LogP contribution is 2.33. The standard InChI is InChI=1S/C73H113NO18/c1-3-5-7-9-11-13-15-16-17-18-19-20-21-22-23-24-25-26-27-28-29-30-31-32-33-34-35-36-37-38-39-40-41-43-45-47-49-51-61(79)74-56(57(78)50-48-46-44-42-14-12-10-8-6-4-2)55-87-71-67(85)64(82)69(59(53-76)89-71)92-73-68(86)65(83)70(60(54-77)90-73)91-72-66(84)63(81)62(80)58(52-75)88-72/h5-8,11,13-14,16-17,19-20,22-23,25-26,28-29,31-32,34-35,37-38,40-42,48,50,56-60,62-73,75-78,80-86H,3-4,9-10,12,15,18,21,24,27,30,33,36,39,43-47,49,51-55H2,1-2H3,(H,74,79)/b7-5-,8-6+,13-11-,17-16-,20-19-,23-22-,26-25-,29-28-,32-31-,35-34-,38-37-,41-40-,42-14+,50-48+. The smallest absolute Gasteiger partial charge is 0.220 e. The van der Waals surface area contributed by atoms with Crippen molar-refractivity contribution >= 4 is 5.91 Å². The molecule has 3 aliphatic heterocycles. The van der Waals surface area contributed by atoms with E-state index >= 15 is 0 Å². The van der Waals surface area contributed by atoms with E-state index in [0.29, 0.717) is 12.8 Å².